The molecule has 0 saturated heterocycles. The molecule has 1 atom stereocenters. The number of carbonyl (C=O) groups excluding carboxylic acids is 1. The highest BCUT2D eigenvalue weighted by atomic mass is 19.1. The molecular formula is C13H17F2NO2. The molecule has 1 unspecified atom stereocenters. The lowest BCUT2D eigenvalue weighted by atomic mass is 10.1. The molecule has 2 N–H and O–H groups in total. The van der Waals surface area contributed by atoms with Gasteiger partial charge < -0.3 is 10.4 Å². The predicted octanol–water partition coefficient (Wildman–Crippen LogP) is 1.78. The van der Waals surface area contributed by atoms with E-state index in [9.17, 15) is 18.7 Å². The normalized spacial score (nSPS) is 12.2. The van der Waals surface area contributed by atoms with E-state index in [4.69, 9.17) is 0 Å². The topological polar surface area (TPSA) is 49.3 Å². The van der Waals surface area contributed by atoms with Crippen molar-refractivity contribution >= 4 is 5.91 Å². The van der Waals surface area contributed by atoms with E-state index < -0.39 is 23.6 Å². The monoisotopic (exact) mass is 257 g/mol. The summed E-state index contributed by atoms with van der Waals surface area (Å²) < 4.78 is 26.5. The largest absolute Gasteiger partial charge is 0.391 e. The zero-order valence-electron chi connectivity index (χ0n) is 10.2. The second-order valence-electron chi connectivity index (χ2n) is 4.12. The van der Waals surface area contributed by atoms with Gasteiger partial charge in [0.25, 0.3) is 0 Å². The van der Waals surface area contributed by atoms with Gasteiger partial charge in [0.2, 0.25) is 5.91 Å². The molecule has 0 heterocycles. The third-order valence-corrected chi connectivity index (χ3v) is 2.56. The van der Waals surface area contributed by atoms with Crippen molar-refractivity contribution in [3.05, 3.63) is 35.4 Å². The van der Waals surface area contributed by atoms with Crippen molar-refractivity contribution in [1.82, 2.24) is 5.32 Å². The van der Waals surface area contributed by atoms with Crippen molar-refractivity contribution in [2.45, 2.75) is 32.3 Å². The second-order valence-corrected chi connectivity index (χ2v) is 4.12. The molecule has 0 aliphatic rings. The highest BCUT2D eigenvalue weighted by molar-refractivity contribution is 5.78. The van der Waals surface area contributed by atoms with Crippen LogP contribution in [0, 0.1) is 11.6 Å². The third-order valence-electron chi connectivity index (χ3n) is 2.56. The molecule has 0 saturated carbocycles. The van der Waals surface area contributed by atoms with E-state index in [1.54, 1.807) is 0 Å². The Kier molecular flexibility index (Phi) is 5.71. The molecule has 0 fully saturated rings. The highest BCUT2D eigenvalue weighted by Crippen LogP contribution is 2.12. The first-order chi connectivity index (χ1) is 8.54. The van der Waals surface area contributed by atoms with Gasteiger partial charge in [0.15, 0.2) is 0 Å². The van der Waals surface area contributed by atoms with Crippen molar-refractivity contribution in [3.63, 3.8) is 0 Å². The minimum Gasteiger partial charge on any atom is -0.391 e. The number of hydrogen-bond acceptors (Lipinski definition) is 2. The summed E-state index contributed by atoms with van der Waals surface area (Å²) in [7, 11) is 0. The Hall–Kier alpha value is -1.49. The Morgan fingerprint density at radius 3 is 2.56 bits per heavy atom. The molecule has 100 valence electrons. The minimum atomic E-state index is -0.737. The molecule has 1 amide bonds. The van der Waals surface area contributed by atoms with E-state index in [-0.39, 0.29) is 18.5 Å². The summed E-state index contributed by atoms with van der Waals surface area (Å²) in [6.45, 7) is 2.02. The smallest absolute Gasteiger partial charge is 0.224 e. The van der Waals surface area contributed by atoms with E-state index >= 15 is 0 Å². The van der Waals surface area contributed by atoms with Gasteiger partial charge in [-0.1, -0.05) is 19.4 Å². The molecule has 0 aliphatic carbocycles. The van der Waals surface area contributed by atoms with E-state index in [1.807, 2.05) is 6.92 Å². The Morgan fingerprint density at radius 1 is 1.39 bits per heavy atom. The number of nitrogens with one attached hydrogen (secondary N) is 1. The maximum atomic E-state index is 13.3. The first kappa shape index (κ1) is 14.6. The first-order valence-electron chi connectivity index (χ1n) is 5.92. The number of hydrogen-bond donors (Lipinski definition) is 2. The molecule has 1 rings (SSSR count). The molecule has 3 nitrogen and oxygen atoms in total. The lowest BCUT2D eigenvalue weighted by Gasteiger charge is -2.11. The van der Waals surface area contributed by atoms with Gasteiger partial charge in [0.05, 0.1) is 12.5 Å². The van der Waals surface area contributed by atoms with Crippen molar-refractivity contribution < 1.29 is 18.7 Å². The van der Waals surface area contributed by atoms with E-state index in [0.717, 1.165) is 18.6 Å². The number of aliphatic hydroxyl groups is 1. The molecule has 0 bridgehead atoms. The predicted molar refractivity (Wildman–Crippen MR) is 64.0 cm³/mol. The van der Waals surface area contributed by atoms with E-state index in [2.05, 4.69) is 5.32 Å². The summed E-state index contributed by atoms with van der Waals surface area (Å²) in [5.74, 6) is -1.98. The van der Waals surface area contributed by atoms with Crippen molar-refractivity contribution in [1.29, 1.82) is 0 Å². The summed E-state index contributed by atoms with van der Waals surface area (Å²) >= 11 is 0. The van der Waals surface area contributed by atoms with Crippen LogP contribution in [0.2, 0.25) is 0 Å². The van der Waals surface area contributed by atoms with Gasteiger partial charge in [-0.25, -0.2) is 8.78 Å². The highest BCUT2D eigenvalue weighted by Gasteiger charge is 2.13. The molecule has 0 radical (unpaired) electrons. The summed E-state index contributed by atoms with van der Waals surface area (Å²) in [5, 5.41) is 11.9. The van der Waals surface area contributed by atoms with Gasteiger partial charge >= 0.3 is 0 Å². The molecule has 5 heteroatoms. The maximum absolute atomic E-state index is 13.3. The zero-order chi connectivity index (χ0) is 13.5. The molecule has 0 aliphatic heterocycles. The van der Waals surface area contributed by atoms with Crippen LogP contribution in [0.15, 0.2) is 18.2 Å². The van der Waals surface area contributed by atoms with Crippen LogP contribution >= 0.6 is 0 Å². The van der Waals surface area contributed by atoms with Crippen LogP contribution in [0.4, 0.5) is 8.78 Å². The lowest BCUT2D eigenvalue weighted by Crippen LogP contribution is -2.33. The first-order valence-corrected chi connectivity index (χ1v) is 5.92. The summed E-state index contributed by atoms with van der Waals surface area (Å²) in [6.07, 6.45) is 0.398. The van der Waals surface area contributed by atoms with Crippen molar-refractivity contribution in [3.8, 4) is 0 Å². The molecule has 0 spiro atoms. The van der Waals surface area contributed by atoms with Gasteiger partial charge in [-0.15, -0.1) is 0 Å². The Labute approximate surface area is 105 Å². The molecule has 18 heavy (non-hydrogen) atoms. The van der Waals surface area contributed by atoms with Gasteiger partial charge in [-0.05, 0) is 18.6 Å². The lowest BCUT2D eigenvalue weighted by molar-refractivity contribution is -0.121. The number of halogens is 2. The van der Waals surface area contributed by atoms with E-state index in [1.165, 1.54) is 6.07 Å². The van der Waals surface area contributed by atoms with Gasteiger partial charge in [-0.3, -0.25) is 4.79 Å². The van der Waals surface area contributed by atoms with Crippen LogP contribution in [0.3, 0.4) is 0 Å². The van der Waals surface area contributed by atoms with Crippen molar-refractivity contribution in [2.24, 2.45) is 0 Å². The zero-order valence-corrected chi connectivity index (χ0v) is 10.2. The van der Waals surface area contributed by atoms with Gasteiger partial charge in [0, 0.05) is 12.1 Å². The fourth-order valence-corrected chi connectivity index (χ4v) is 1.59. The quantitative estimate of drug-likeness (QED) is 0.816. The fraction of sp³-hybridized carbons (Fsp3) is 0.462. The van der Waals surface area contributed by atoms with Crippen LogP contribution in [0.25, 0.3) is 0 Å². The maximum Gasteiger partial charge on any atom is 0.224 e. The van der Waals surface area contributed by atoms with Crippen LogP contribution in [0.5, 0.6) is 0 Å². The second kappa shape index (κ2) is 7.06. The van der Waals surface area contributed by atoms with Gasteiger partial charge in [-0.2, -0.15) is 0 Å². The SMILES string of the molecule is CCCC(O)CNC(=O)Cc1c(F)cccc1F. The molecular weight excluding hydrogens is 240 g/mol. The minimum absolute atomic E-state index is 0.0999. The Balaban J connectivity index is 2.50. The molecule has 1 aromatic rings. The van der Waals surface area contributed by atoms with Crippen LogP contribution in [-0.4, -0.2) is 23.7 Å². The molecule has 1 aromatic carbocycles. The van der Waals surface area contributed by atoms with Gasteiger partial charge in [0.1, 0.15) is 11.6 Å². The molecule has 0 aromatic heterocycles. The Bertz CT molecular complexity index is 390. The summed E-state index contributed by atoms with van der Waals surface area (Å²) in [5.41, 5.74) is -0.250. The third kappa shape index (κ3) is 4.41. The number of amides is 1. The van der Waals surface area contributed by atoms with Crippen LogP contribution in [0.1, 0.15) is 25.3 Å². The summed E-state index contributed by atoms with van der Waals surface area (Å²) in [4.78, 5) is 11.5. The van der Waals surface area contributed by atoms with E-state index in [0.29, 0.717) is 6.42 Å². The number of aliphatic hydroxyl groups excluding tert-OH is 1. The van der Waals surface area contributed by atoms with Crippen LogP contribution < -0.4 is 5.32 Å². The fourth-order valence-electron chi connectivity index (χ4n) is 1.59. The average Bonchev–Trinajstić information content (AvgIpc) is 2.32. The number of benzene rings is 1. The Morgan fingerprint density at radius 2 is 2.00 bits per heavy atom. The number of rotatable bonds is 6. The van der Waals surface area contributed by atoms with Crippen LogP contribution in [-0.2, 0) is 11.2 Å². The van der Waals surface area contributed by atoms with Crippen molar-refractivity contribution in [2.75, 3.05) is 6.54 Å². The number of carbonyl (C=O) groups is 1. The standard InChI is InChI=1S/C13H17F2NO2/c1-2-4-9(17)8-16-13(18)7-10-11(14)5-3-6-12(10)15/h3,5-6,9,17H,2,4,7-8H2,1H3,(H,16,18). The average molecular weight is 257 g/mol. The summed E-state index contributed by atoms with van der Waals surface area (Å²) in [6, 6.07) is 3.46.